The van der Waals surface area contributed by atoms with Gasteiger partial charge >= 0.3 is 0 Å². The maximum Gasteiger partial charge on any atom is 0.206 e. The first-order valence-corrected chi connectivity index (χ1v) is 10.7. The summed E-state index contributed by atoms with van der Waals surface area (Å²) in [6, 6.07) is 14.3. The van der Waals surface area contributed by atoms with Crippen molar-refractivity contribution in [3.05, 3.63) is 75.9 Å². The first-order valence-electron chi connectivity index (χ1n) is 9.84. The SMILES string of the molecule is C=C(C)CN=c1scc(-c2ccc(OC)cc2OC)n1N=C1CCc2ccccc21. The van der Waals surface area contributed by atoms with Crippen LogP contribution in [0.15, 0.2) is 70.1 Å². The fourth-order valence-corrected chi connectivity index (χ4v) is 4.36. The molecule has 0 saturated carbocycles. The molecule has 0 aliphatic heterocycles. The Kier molecular flexibility index (Phi) is 5.86. The number of thiazole rings is 1. The molecule has 0 spiro atoms. The maximum atomic E-state index is 5.65. The molecular weight excluding hydrogens is 394 g/mol. The number of hydrogen-bond acceptors (Lipinski definition) is 5. The van der Waals surface area contributed by atoms with Crippen molar-refractivity contribution in [1.29, 1.82) is 0 Å². The van der Waals surface area contributed by atoms with Gasteiger partial charge in [0.05, 0.1) is 32.2 Å². The second kappa shape index (κ2) is 8.71. The van der Waals surface area contributed by atoms with Crippen molar-refractivity contribution in [2.24, 2.45) is 10.1 Å². The van der Waals surface area contributed by atoms with Crippen LogP contribution in [-0.4, -0.2) is 31.2 Å². The molecule has 1 aliphatic carbocycles. The monoisotopic (exact) mass is 419 g/mol. The number of benzene rings is 2. The summed E-state index contributed by atoms with van der Waals surface area (Å²) in [6.07, 6.45) is 1.93. The highest BCUT2D eigenvalue weighted by Crippen LogP contribution is 2.34. The van der Waals surface area contributed by atoms with Gasteiger partial charge in [0.25, 0.3) is 0 Å². The normalized spacial score (nSPS) is 14.8. The van der Waals surface area contributed by atoms with Gasteiger partial charge in [-0.1, -0.05) is 36.4 Å². The lowest BCUT2D eigenvalue weighted by molar-refractivity contribution is 0.395. The Balaban J connectivity index is 1.89. The molecular formula is C24H25N3O2S. The van der Waals surface area contributed by atoms with E-state index in [1.165, 1.54) is 11.1 Å². The lowest BCUT2D eigenvalue weighted by atomic mass is 10.1. The summed E-state index contributed by atoms with van der Waals surface area (Å²) in [7, 11) is 3.32. The number of hydrogen-bond donors (Lipinski definition) is 0. The van der Waals surface area contributed by atoms with Crippen LogP contribution < -0.4 is 14.3 Å². The van der Waals surface area contributed by atoms with Gasteiger partial charge in [-0.05, 0) is 37.5 Å². The van der Waals surface area contributed by atoms with Crippen LogP contribution in [0.4, 0.5) is 0 Å². The molecule has 154 valence electrons. The summed E-state index contributed by atoms with van der Waals surface area (Å²) in [6.45, 7) is 6.53. The van der Waals surface area contributed by atoms with Gasteiger partial charge in [0.15, 0.2) is 0 Å². The molecule has 6 heteroatoms. The van der Waals surface area contributed by atoms with Crippen molar-refractivity contribution < 1.29 is 9.47 Å². The van der Waals surface area contributed by atoms with Crippen molar-refractivity contribution in [2.45, 2.75) is 19.8 Å². The van der Waals surface area contributed by atoms with Crippen LogP contribution in [0.2, 0.25) is 0 Å². The topological polar surface area (TPSA) is 48.1 Å². The zero-order valence-electron chi connectivity index (χ0n) is 17.5. The fourth-order valence-electron chi connectivity index (χ4n) is 3.53. The molecule has 0 amide bonds. The van der Waals surface area contributed by atoms with Gasteiger partial charge in [-0.3, -0.25) is 4.99 Å². The van der Waals surface area contributed by atoms with Crippen LogP contribution in [0.25, 0.3) is 11.3 Å². The summed E-state index contributed by atoms with van der Waals surface area (Å²) in [5, 5.41) is 7.14. The van der Waals surface area contributed by atoms with Gasteiger partial charge in [0, 0.05) is 22.6 Å². The zero-order chi connectivity index (χ0) is 21.1. The Bertz CT molecular complexity index is 1190. The van der Waals surface area contributed by atoms with Crippen LogP contribution in [0.3, 0.4) is 0 Å². The minimum absolute atomic E-state index is 0.571. The molecule has 0 atom stereocenters. The highest BCUT2D eigenvalue weighted by atomic mass is 32.1. The number of methoxy groups -OCH3 is 2. The molecule has 0 N–H and O–H groups in total. The van der Waals surface area contributed by atoms with Crippen molar-refractivity contribution in [1.82, 2.24) is 4.68 Å². The van der Waals surface area contributed by atoms with Gasteiger partial charge in [-0.25, -0.2) is 4.68 Å². The number of rotatable bonds is 6. The summed E-state index contributed by atoms with van der Waals surface area (Å²) < 4.78 is 12.9. The second-order valence-electron chi connectivity index (χ2n) is 7.26. The third kappa shape index (κ3) is 3.96. The molecule has 0 saturated heterocycles. The predicted octanol–water partition coefficient (Wildman–Crippen LogP) is 4.91. The number of fused-ring (bicyclic) bond motifs is 1. The molecule has 1 aliphatic rings. The molecule has 1 heterocycles. The van der Waals surface area contributed by atoms with Crippen molar-refractivity contribution in [3.8, 4) is 22.8 Å². The van der Waals surface area contributed by atoms with E-state index in [9.17, 15) is 0 Å². The van der Waals surface area contributed by atoms with Crippen LogP contribution in [0.5, 0.6) is 11.5 Å². The summed E-state index contributed by atoms with van der Waals surface area (Å²) in [4.78, 5) is 5.58. The van der Waals surface area contributed by atoms with Crippen molar-refractivity contribution >= 4 is 17.0 Å². The standard InChI is InChI=1S/C24H25N3O2S/c1-16(2)14-25-24-27(26-21-12-9-17-7-5-6-8-19(17)21)22(15-30-24)20-11-10-18(28-3)13-23(20)29-4/h5-8,10-11,13,15H,1,9,12,14H2,2-4H3. The Morgan fingerprint density at radius 1 is 1.10 bits per heavy atom. The van der Waals surface area contributed by atoms with Gasteiger partial charge in [0.2, 0.25) is 4.80 Å². The highest BCUT2D eigenvalue weighted by Gasteiger charge is 2.19. The average Bonchev–Trinajstić information content (AvgIpc) is 3.36. The second-order valence-corrected chi connectivity index (χ2v) is 8.10. The van der Waals surface area contributed by atoms with E-state index >= 15 is 0 Å². The molecule has 0 fully saturated rings. The maximum absolute atomic E-state index is 5.65. The van der Waals surface area contributed by atoms with E-state index in [-0.39, 0.29) is 0 Å². The first-order chi connectivity index (χ1) is 14.6. The minimum atomic E-state index is 0.571. The Morgan fingerprint density at radius 2 is 1.93 bits per heavy atom. The van der Waals surface area contributed by atoms with Crippen LogP contribution in [-0.2, 0) is 6.42 Å². The van der Waals surface area contributed by atoms with E-state index in [0.717, 1.165) is 51.7 Å². The molecule has 0 bridgehead atoms. The summed E-state index contributed by atoms with van der Waals surface area (Å²) >= 11 is 1.57. The van der Waals surface area contributed by atoms with E-state index < -0.39 is 0 Å². The summed E-state index contributed by atoms with van der Waals surface area (Å²) in [5.74, 6) is 1.49. The van der Waals surface area contributed by atoms with Gasteiger partial charge in [-0.15, -0.1) is 11.3 Å². The van der Waals surface area contributed by atoms with Gasteiger partial charge in [0.1, 0.15) is 11.5 Å². The zero-order valence-corrected chi connectivity index (χ0v) is 18.3. The predicted molar refractivity (Wildman–Crippen MR) is 123 cm³/mol. The lowest BCUT2D eigenvalue weighted by Gasteiger charge is -2.11. The van der Waals surface area contributed by atoms with Crippen LogP contribution >= 0.6 is 11.3 Å². The lowest BCUT2D eigenvalue weighted by Crippen LogP contribution is -2.15. The molecule has 0 unspecified atom stereocenters. The van der Waals surface area contributed by atoms with Gasteiger partial charge < -0.3 is 9.47 Å². The van der Waals surface area contributed by atoms with Crippen LogP contribution in [0.1, 0.15) is 24.5 Å². The molecule has 0 radical (unpaired) electrons. The molecule has 30 heavy (non-hydrogen) atoms. The molecule has 4 rings (SSSR count). The fraction of sp³-hybridized carbons (Fsp3) is 0.250. The van der Waals surface area contributed by atoms with E-state index in [4.69, 9.17) is 19.6 Å². The molecule has 1 aromatic heterocycles. The number of nitrogens with zero attached hydrogens (tertiary/aromatic N) is 3. The van der Waals surface area contributed by atoms with Crippen molar-refractivity contribution in [2.75, 3.05) is 20.8 Å². The Morgan fingerprint density at radius 3 is 2.70 bits per heavy atom. The van der Waals surface area contributed by atoms with Crippen molar-refractivity contribution in [3.63, 3.8) is 0 Å². The smallest absolute Gasteiger partial charge is 0.206 e. The Hall–Kier alpha value is -3.12. The third-order valence-corrected chi connectivity index (χ3v) is 5.89. The number of aryl methyl sites for hydroxylation is 1. The Labute approximate surface area is 180 Å². The first kappa shape index (κ1) is 20.2. The van der Waals surface area contributed by atoms with E-state index in [1.807, 2.05) is 29.8 Å². The average molecular weight is 420 g/mol. The molecule has 2 aromatic carbocycles. The van der Waals surface area contributed by atoms with E-state index in [2.05, 4.69) is 36.2 Å². The highest BCUT2D eigenvalue weighted by molar-refractivity contribution is 7.07. The minimum Gasteiger partial charge on any atom is -0.497 e. The molecule has 5 nitrogen and oxygen atoms in total. The van der Waals surface area contributed by atoms with Gasteiger partial charge in [-0.2, -0.15) is 5.10 Å². The van der Waals surface area contributed by atoms with E-state index in [0.29, 0.717) is 6.54 Å². The van der Waals surface area contributed by atoms with E-state index in [1.54, 1.807) is 25.6 Å². The van der Waals surface area contributed by atoms with Crippen LogP contribution in [0, 0.1) is 0 Å². The quantitative estimate of drug-likeness (QED) is 0.533. The largest absolute Gasteiger partial charge is 0.497 e. The number of aromatic nitrogens is 1. The summed E-state index contributed by atoms with van der Waals surface area (Å²) in [5.41, 5.74) is 6.54. The third-order valence-electron chi connectivity index (χ3n) is 5.03. The number of ether oxygens (including phenoxy) is 2. The molecule has 3 aromatic rings.